The molecule has 0 amide bonds. The lowest BCUT2D eigenvalue weighted by atomic mass is 10.2. The van der Waals surface area contributed by atoms with Crippen LogP contribution in [0.3, 0.4) is 0 Å². The number of carboxylic acids is 1. The number of nitrogens with zero attached hydrogens (tertiary/aromatic N) is 2. The summed E-state index contributed by atoms with van der Waals surface area (Å²) in [6.45, 7) is -0.787. The maximum absolute atomic E-state index is 11.8. The second-order valence-corrected chi connectivity index (χ2v) is 5.56. The molecule has 0 radical (unpaired) electrons. The maximum atomic E-state index is 11.8. The number of nitrogens with one attached hydrogen (secondary N) is 1. The van der Waals surface area contributed by atoms with Crippen LogP contribution in [0.25, 0.3) is 11.0 Å². The molecule has 110 valence electrons. The number of rotatable bonds is 3. The fourth-order valence-electron chi connectivity index (χ4n) is 1.80. The number of hydrogen-bond donors (Lipinski definition) is 2. The van der Waals surface area contributed by atoms with E-state index in [4.69, 9.17) is 5.11 Å². The molecule has 0 saturated carbocycles. The second kappa shape index (κ2) is 5.41. The van der Waals surface area contributed by atoms with E-state index in [1.54, 1.807) is 0 Å². The molecule has 2 N–H and O–H groups in total. The Labute approximate surface area is 131 Å². The van der Waals surface area contributed by atoms with Gasteiger partial charge in [0.15, 0.2) is 0 Å². The Hall–Kier alpha value is -2.01. The van der Waals surface area contributed by atoms with Crippen LogP contribution in [0.1, 0.15) is 0 Å². The van der Waals surface area contributed by atoms with Crippen LogP contribution < -0.4 is 11.1 Å². The number of aliphatic carboxylic acids is 1. The SMILES string of the molecule is O=C(O)Cn1c(=O)c(=O)[nH]c2c([N+](=O)[O-])c(Br)c(Br)cc21. The number of carboxylic acid groups (broad SMARTS) is 1. The Morgan fingerprint density at radius 2 is 2.05 bits per heavy atom. The summed E-state index contributed by atoms with van der Waals surface area (Å²) < 4.78 is 0.976. The lowest BCUT2D eigenvalue weighted by molar-refractivity contribution is -0.384. The second-order valence-electron chi connectivity index (χ2n) is 3.91. The van der Waals surface area contributed by atoms with Crippen molar-refractivity contribution in [2.75, 3.05) is 0 Å². The summed E-state index contributed by atoms with van der Waals surface area (Å²) in [4.78, 5) is 46.7. The molecule has 0 aliphatic rings. The molecular formula is C10H5Br2N3O6. The smallest absolute Gasteiger partial charge is 0.323 e. The van der Waals surface area contributed by atoms with E-state index < -0.39 is 34.2 Å². The zero-order valence-corrected chi connectivity index (χ0v) is 13.1. The minimum atomic E-state index is -1.36. The van der Waals surface area contributed by atoms with Crippen LogP contribution >= 0.6 is 31.9 Å². The topological polar surface area (TPSA) is 135 Å². The Morgan fingerprint density at radius 1 is 1.43 bits per heavy atom. The highest BCUT2D eigenvalue weighted by atomic mass is 79.9. The largest absolute Gasteiger partial charge is 0.480 e. The zero-order valence-electron chi connectivity index (χ0n) is 9.92. The minimum absolute atomic E-state index is 0.0659. The van der Waals surface area contributed by atoms with Crippen LogP contribution in [0, 0.1) is 10.1 Å². The summed E-state index contributed by atoms with van der Waals surface area (Å²) in [7, 11) is 0. The molecule has 0 saturated heterocycles. The van der Waals surface area contributed by atoms with E-state index in [1.807, 2.05) is 0 Å². The van der Waals surface area contributed by atoms with Crippen molar-refractivity contribution in [1.29, 1.82) is 0 Å². The Morgan fingerprint density at radius 3 is 2.57 bits per heavy atom. The van der Waals surface area contributed by atoms with Gasteiger partial charge in [-0.15, -0.1) is 0 Å². The first-order valence-corrected chi connectivity index (χ1v) is 6.83. The number of nitro groups is 1. The van der Waals surface area contributed by atoms with Gasteiger partial charge in [-0.3, -0.25) is 29.1 Å². The van der Waals surface area contributed by atoms with Gasteiger partial charge < -0.3 is 10.1 Å². The first-order valence-electron chi connectivity index (χ1n) is 5.25. The average molecular weight is 423 g/mol. The molecule has 0 aliphatic heterocycles. The molecule has 0 spiro atoms. The first kappa shape index (κ1) is 15.4. The molecule has 0 atom stereocenters. The third-order valence-electron chi connectivity index (χ3n) is 2.62. The van der Waals surface area contributed by atoms with E-state index in [9.17, 15) is 24.5 Å². The Kier molecular flexibility index (Phi) is 3.96. The number of H-pyrrole nitrogens is 1. The van der Waals surface area contributed by atoms with Crippen LogP contribution in [0.2, 0.25) is 0 Å². The number of fused-ring (bicyclic) bond motifs is 1. The van der Waals surface area contributed by atoms with Gasteiger partial charge in [0, 0.05) is 4.47 Å². The van der Waals surface area contributed by atoms with Crippen LogP contribution in [0.4, 0.5) is 5.69 Å². The third-order valence-corrected chi connectivity index (χ3v) is 4.58. The van der Waals surface area contributed by atoms with E-state index in [2.05, 4.69) is 36.8 Å². The van der Waals surface area contributed by atoms with Gasteiger partial charge in [-0.25, -0.2) is 0 Å². The molecule has 11 heteroatoms. The van der Waals surface area contributed by atoms with Crippen LogP contribution in [-0.2, 0) is 11.3 Å². The summed E-state index contributed by atoms with van der Waals surface area (Å²) in [6, 6.07) is 1.31. The van der Waals surface area contributed by atoms with Crippen LogP contribution in [0.15, 0.2) is 24.6 Å². The maximum Gasteiger partial charge on any atom is 0.323 e. The molecule has 0 fully saturated rings. The van der Waals surface area contributed by atoms with E-state index in [1.165, 1.54) is 6.07 Å². The van der Waals surface area contributed by atoms with Gasteiger partial charge in [0.25, 0.3) is 0 Å². The van der Waals surface area contributed by atoms with E-state index >= 15 is 0 Å². The van der Waals surface area contributed by atoms with Crippen molar-refractivity contribution >= 4 is 54.5 Å². The fraction of sp³-hybridized carbons (Fsp3) is 0.100. The molecule has 1 heterocycles. The van der Waals surface area contributed by atoms with Crippen LogP contribution in [0.5, 0.6) is 0 Å². The van der Waals surface area contributed by atoms with Crippen molar-refractivity contribution in [2.45, 2.75) is 6.54 Å². The summed E-state index contributed by atoms with van der Waals surface area (Å²) in [5.74, 6) is -1.36. The molecule has 1 aromatic carbocycles. The minimum Gasteiger partial charge on any atom is -0.480 e. The average Bonchev–Trinajstić information content (AvgIpc) is 2.37. The van der Waals surface area contributed by atoms with Gasteiger partial charge in [0.05, 0.1) is 10.4 Å². The summed E-state index contributed by atoms with van der Waals surface area (Å²) in [6.07, 6.45) is 0. The van der Waals surface area contributed by atoms with Crippen molar-refractivity contribution in [3.05, 3.63) is 45.8 Å². The van der Waals surface area contributed by atoms with Gasteiger partial charge in [-0.05, 0) is 37.9 Å². The molecule has 0 unspecified atom stereocenters. The summed E-state index contributed by atoms with van der Waals surface area (Å²) in [5.41, 5.74) is -3.02. The van der Waals surface area contributed by atoms with E-state index in [-0.39, 0.29) is 20.0 Å². The Balaban J connectivity index is 3.08. The molecule has 2 aromatic rings. The molecule has 9 nitrogen and oxygen atoms in total. The fourth-order valence-corrected chi connectivity index (χ4v) is 2.66. The first-order chi connectivity index (χ1) is 9.73. The van der Waals surface area contributed by atoms with Gasteiger partial charge in [-0.1, -0.05) is 0 Å². The summed E-state index contributed by atoms with van der Waals surface area (Å²) in [5, 5.41) is 20.0. The highest BCUT2D eigenvalue weighted by Crippen LogP contribution is 2.37. The quantitative estimate of drug-likeness (QED) is 0.433. The highest BCUT2D eigenvalue weighted by Gasteiger charge is 2.24. The molecule has 0 aliphatic carbocycles. The molecular weight excluding hydrogens is 418 g/mol. The molecule has 2 rings (SSSR count). The number of nitro benzene ring substituents is 1. The zero-order chi connectivity index (χ0) is 15.9. The van der Waals surface area contributed by atoms with Gasteiger partial charge in [0.1, 0.15) is 16.5 Å². The lowest BCUT2D eigenvalue weighted by Gasteiger charge is -2.09. The molecule has 1 aromatic heterocycles. The van der Waals surface area contributed by atoms with Crippen molar-refractivity contribution in [2.24, 2.45) is 0 Å². The van der Waals surface area contributed by atoms with Crippen molar-refractivity contribution in [3.8, 4) is 0 Å². The molecule has 21 heavy (non-hydrogen) atoms. The predicted octanol–water partition coefficient (Wildman–Crippen LogP) is 1.21. The van der Waals surface area contributed by atoms with Gasteiger partial charge in [-0.2, -0.15) is 0 Å². The molecule has 0 bridgehead atoms. The summed E-state index contributed by atoms with van der Waals surface area (Å²) >= 11 is 6.08. The van der Waals surface area contributed by atoms with E-state index in [0.29, 0.717) is 4.57 Å². The number of aromatic nitrogens is 2. The number of aromatic amines is 1. The van der Waals surface area contributed by atoms with E-state index in [0.717, 1.165) is 0 Å². The Bertz CT molecular complexity index is 900. The predicted molar refractivity (Wildman–Crippen MR) is 78.5 cm³/mol. The number of carbonyl (C=O) groups is 1. The number of halogens is 2. The lowest BCUT2D eigenvalue weighted by Crippen LogP contribution is -2.38. The van der Waals surface area contributed by atoms with Crippen molar-refractivity contribution in [1.82, 2.24) is 9.55 Å². The number of hydrogen-bond acceptors (Lipinski definition) is 5. The number of benzene rings is 1. The van der Waals surface area contributed by atoms with Crippen molar-refractivity contribution < 1.29 is 14.8 Å². The normalized spacial score (nSPS) is 10.8. The van der Waals surface area contributed by atoms with Crippen LogP contribution in [-0.4, -0.2) is 25.6 Å². The monoisotopic (exact) mass is 421 g/mol. The standard InChI is InChI=1S/C10H5Br2N3O6/c11-3-1-4-7(8(6(3)12)15(20)21)13-9(18)10(19)14(4)2-5(16)17/h1H,2H2,(H,13,18)(H,16,17). The third kappa shape index (κ3) is 2.61. The van der Waals surface area contributed by atoms with Gasteiger partial charge in [0.2, 0.25) is 0 Å². The highest BCUT2D eigenvalue weighted by molar-refractivity contribution is 9.13. The van der Waals surface area contributed by atoms with Gasteiger partial charge >= 0.3 is 22.8 Å². The van der Waals surface area contributed by atoms with Crippen molar-refractivity contribution in [3.63, 3.8) is 0 Å².